The van der Waals surface area contributed by atoms with Crippen LogP contribution >= 0.6 is 0 Å². The number of piperazine rings is 1. The zero-order chi connectivity index (χ0) is 14.4. The van der Waals surface area contributed by atoms with Gasteiger partial charge in [0.2, 0.25) is 0 Å². The number of nitrogens with zero attached hydrogens (tertiary/aromatic N) is 1. The number of anilines is 1. The minimum atomic E-state index is -0.836. The number of rotatable bonds is 5. The SMILES string of the molecule is COc1cccc(NCCC2CN(C(=O)O)CCN2)c1. The lowest BCUT2D eigenvalue weighted by Crippen LogP contribution is -2.52. The van der Waals surface area contributed by atoms with Crippen LogP contribution in [0.25, 0.3) is 0 Å². The Morgan fingerprint density at radius 1 is 1.60 bits per heavy atom. The van der Waals surface area contributed by atoms with E-state index in [4.69, 9.17) is 9.84 Å². The summed E-state index contributed by atoms with van der Waals surface area (Å²) in [6.45, 7) is 2.62. The van der Waals surface area contributed by atoms with Gasteiger partial charge in [0.1, 0.15) is 5.75 Å². The summed E-state index contributed by atoms with van der Waals surface area (Å²) in [5.74, 6) is 0.822. The number of hydrogen-bond donors (Lipinski definition) is 3. The number of benzene rings is 1. The number of nitrogens with one attached hydrogen (secondary N) is 2. The molecule has 0 aliphatic carbocycles. The van der Waals surface area contributed by atoms with Gasteiger partial charge in [-0.25, -0.2) is 4.79 Å². The van der Waals surface area contributed by atoms with Crippen molar-refractivity contribution in [1.29, 1.82) is 0 Å². The van der Waals surface area contributed by atoms with E-state index in [2.05, 4.69) is 10.6 Å². The van der Waals surface area contributed by atoms with Crippen LogP contribution in [0.5, 0.6) is 5.75 Å². The molecule has 1 heterocycles. The minimum Gasteiger partial charge on any atom is -0.497 e. The third kappa shape index (κ3) is 4.03. The lowest BCUT2D eigenvalue weighted by Gasteiger charge is -2.31. The average molecular weight is 279 g/mol. The number of hydrogen-bond acceptors (Lipinski definition) is 4. The summed E-state index contributed by atoms with van der Waals surface area (Å²) in [7, 11) is 1.64. The van der Waals surface area contributed by atoms with Crippen LogP contribution in [0.2, 0.25) is 0 Å². The van der Waals surface area contributed by atoms with E-state index in [-0.39, 0.29) is 6.04 Å². The summed E-state index contributed by atoms with van der Waals surface area (Å²) in [5.41, 5.74) is 1.01. The van der Waals surface area contributed by atoms with E-state index in [0.717, 1.165) is 30.9 Å². The maximum absolute atomic E-state index is 10.9. The maximum atomic E-state index is 10.9. The molecule has 6 heteroatoms. The van der Waals surface area contributed by atoms with Crippen molar-refractivity contribution in [2.45, 2.75) is 12.5 Å². The van der Waals surface area contributed by atoms with Gasteiger partial charge in [0, 0.05) is 44.0 Å². The normalized spacial score (nSPS) is 18.6. The van der Waals surface area contributed by atoms with Crippen LogP contribution in [0.1, 0.15) is 6.42 Å². The Hall–Kier alpha value is -1.95. The van der Waals surface area contributed by atoms with Gasteiger partial charge in [-0.1, -0.05) is 6.07 Å². The number of carbonyl (C=O) groups is 1. The van der Waals surface area contributed by atoms with Crippen molar-refractivity contribution in [3.63, 3.8) is 0 Å². The third-order valence-corrected chi connectivity index (χ3v) is 3.42. The fraction of sp³-hybridized carbons (Fsp3) is 0.500. The van der Waals surface area contributed by atoms with Crippen LogP contribution in [-0.4, -0.2) is 55.4 Å². The van der Waals surface area contributed by atoms with Gasteiger partial charge in [0.05, 0.1) is 7.11 Å². The standard InChI is InChI=1S/C14H21N3O3/c1-20-13-4-2-3-11(9-13)15-6-5-12-10-17(14(18)19)8-7-16-12/h2-4,9,12,15-16H,5-8,10H2,1H3,(H,18,19). The molecule has 1 unspecified atom stereocenters. The van der Waals surface area contributed by atoms with E-state index < -0.39 is 6.09 Å². The molecule has 0 spiro atoms. The van der Waals surface area contributed by atoms with Crippen LogP contribution in [0.4, 0.5) is 10.5 Å². The highest BCUT2D eigenvalue weighted by Gasteiger charge is 2.21. The van der Waals surface area contributed by atoms with Crippen LogP contribution in [-0.2, 0) is 0 Å². The molecule has 0 saturated carbocycles. The second-order valence-corrected chi connectivity index (χ2v) is 4.83. The number of ether oxygens (including phenoxy) is 1. The van der Waals surface area contributed by atoms with Gasteiger partial charge in [0.15, 0.2) is 0 Å². The number of amides is 1. The summed E-state index contributed by atoms with van der Waals surface area (Å²) in [6, 6.07) is 7.97. The van der Waals surface area contributed by atoms with Gasteiger partial charge in [-0.2, -0.15) is 0 Å². The predicted octanol–water partition coefficient (Wildman–Crippen LogP) is 1.45. The summed E-state index contributed by atoms with van der Waals surface area (Å²) < 4.78 is 5.17. The highest BCUT2D eigenvalue weighted by Crippen LogP contribution is 2.16. The summed E-state index contributed by atoms with van der Waals surface area (Å²) in [4.78, 5) is 12.4. The Bertz CT molecular complexity index is 453. The van der Waals surface area contributed by atoms with Crippen molar-refractivity contribution >= 4 is 11.8 Å². The second kappa shape index (κ2) is 7.00. The van der Waals surface area contributed by atoms with E-state index in [9.17, 15) is 4.79 Å². The molecule has 1 saturated heterocycles. The Morgan fingerprint density at radius 2 is 2.45 bits per heavy atom. The first-order valence-electron chi connectivity index (χ1n) is 6.78. The second-order valence-electron chi connectivity index (χ2n) is 4.83. The van der Waals surface area contributed by atoms with Crippen molar-refractivity contribution in [3.05, 3.63) is 24.3 Å². The molecular weight excluding hydrogens is 258 g/mol. The Kier molecular flexibility index (Phi) is 5.06. The molecule has 1 amide bonds. The van der Waals surface area contributed by atoms with Crippen molar-refractivity contribution in [1.82, 2.24) is 10.2 Å². The first-order chi connectivity index (χ1) is 9.69. The number of methoxy groups -OCH3 is 1. The highest BCUT2D eigenvalue weighted by molar-refractivity contribution is 5.65. The van der Waals surface area contributed by atoms with E-state index in [0.29, 0.717) is 13.1 Å². The molecule has 2 rings (SSSR count). The first-order valence-corrected chi connectivity index (χ1v) is 6.78. The van der Waals surface area contributed by atoms with E-state index in [1.54, 1.807) is 7.11 Å². The molecule has 0 aromatic heterocycles. The summed E-state index contributed by atoms with van der Waals surface area (Å²) in [6.07, 6.45) is 0.0401. The smallest absolute Gasteiger partial charge is 0.407 e. The lowest BCUT2D eigenvalue weighted by molar-refractivity contribution is 0.128. The lowest BCUT2D eigenvalue weighted by atomic mass is 10.1. The predicted molar refractivity (Wildman–Crippen MR) is 77.5 cm³/mol. The average Bonchev–Trinajstić information content (AvgIpc) is 2.48. The molecule has 1 aliphatic heterocycles. The quantitative estimate of drug-likeness (QED) is 0.761. The molecule has 6 nitrogen and oxygen atoms in total. The molecule has 20 heavy (non-hydrogen) atoms. The van der Waals surface area contributed by atoms with Crippen LogP contribution in [0, 0.1) is 0 Å². The topological polar surface area (TPSA) is 73.8 Å². The van der Waals surface area contributed by atoms with Crippen LogP contribution in [0.15, 0.2) is 24.3 Å². The van der Waals surface area contributed by atoms with Crippen LogP contribution < -0.4 is 15.4 Å². The minimum absolute atomic E-state index is 0.206. The van der Waals surface area contributed by atoms with Gasteiger partial charge in [-0.3, -0.25) is 0 Å². The first kappa shape index (κ1) is 14.5. The van der Waals surface area contributed by atoms with Gasteiger partial charge >= 0.3 is 6.09 Å². The zero-order valence-corrected chi connectivity index (χ0v) is 11.6. The molecule has 1 aromatic rings. The molecular formula is C14H21N3O3. The molecule has 1 aromatic carbocycles. The Labute approximate surface area is 118 Å². The largest absolute Gasteiger partial charge is 0.497 e. The molecule has 110 valence electrons. The van der Waals surface area contributed by atoms with E-state index >= 15 is 0 Å². The summed E-state index contributed by atoms with van der Waals surface area (Å²) in [5, 5.41) is 15.7. The maximum Gasteiger partial charge on any atom is 0.407 e. The molecule has 1 aliphatic rings. The van der Waals surface area contributed by atoms with E-state index in [1.165, 1.54) is 4.90 Å². The van der Waals surface area contributed by atoms with Gasteiger partial charge in [0.25, 0.3) is 0 Å². The fourth-order valence-corrected chi connectivity index (χ4v) is 2.32. The Balaban J connectivity index is 1.76. The van der Waals surface area contributed by atoms with Gasteiger partial charge in [-0.15, -0.1) is 0 Å². The zero-order valence-electron chi connectivity index (χ0n) is 11.6. The van der Waals surface area contributed by atoms with E-state index in [1.807, 2.05) is 24.3 Å². The monoisotopic (exact) mass is 279 g/mol. The van der Waals surface area contributed by atoms with Crippen molar-refractivity contribution < 1.29 is 14.6 Å². The van der Waals surface area contributed by atoms with Crippen LogP contribution in [0.3, 0.4) is 0 Å². The van der Waals surface area contributed by atoms with Crippen molar-refractivity contribution in [2.75, 3.05) is 38.6 Å². The molecule has 0 bridgehead atoms. The molecule has 1 atom stereocenters. The highest BCUT2D eigenvalue weighted by atomic mass is 16.5. The van der Waals surface area contributed by atoms with Gasteiger partial charge in [-0.05, 0) is 18.6 Å². The molecule has 0 radical (unpaired) electrons. The molecule has 3 N–H and O–H groups in total. The van der Waals surface area contributed by atoms with Crippen molar-refractivity contribution in [3.8, 4) is 5.75 Å². The molecule has 1 fully saturated rings. The van der Waals surface area contributed by atoms with Gasteiger partial charge < -0.3 is 25.4 Å². The summed E-state index contributed by atoms with van der Waals surface area (Å²) >= 11 is 0. The van der Waals surface area contributed by atoms with Crippen molar-refractivity contribution in [2.24, 2.45) is 0 Å². The Morgan fingerprint density at radius 3 is 3.20 bits per heavy atom. The number of carboxylic acid groups (broad SMARTS) is 1. The third-order valence-electron chi connectivity index (χ3n) is 3.42. The fourth-order valence-electron chi connectivity index (χ4n) is 2.32.